The number of H-pyrrole nitrogens is 1. The molecule has 0 unspecified atom stereocenters. The molecule has 2 rings (SSSR count). The summed E-state index contributed by atoms with van der Waals surface area (Å²) in [6.07, 6.45) is 18.6. The van der Waals surface area contributed by atoms with Crippen LogP contribution in [0.2, 0.25) is 0 Å². The number of carbonyl (C=O) groups excluding carboxylic acids is 1. The van der Waals surface area contributed by atoms with Gasteiger partial charge in [0.1, 0.15) is 5.82 Å². The van der Waals surface area contributed by atoms with Gasteiger partial charge < -0.3 is 5.11 Å². The fourth-order valence-corrected chi connectivity index (χ4v) is 3.83. The summed E-state index contributed by atoms with van der Waals surface area (Å²) in [5.41, 5.74) is 0. The maximum Gasteiger partial charge on any atom is 0.159 e. The molecular formula is C20H34N4O2. The topological polar surface area (TPSA) is 91.8 Å². The molecule has 2 atom stereocenters. The number of rotatable bonds is 15. The largest absolute Gasteiger partial charge is 0.396 e. The van der Waals surface area contributed by atoms with Gasteiger partial charge in [0.15, 0.2) is 5.78 Å². The SMILES string of the molecule is O=C1C=C[C@@H](CCCCCCCCO)[C@@H]1CCCCCCc1nnn[nH]1. The third-order valence-electron chi connectivity index (χ3n) is 5.40. The van der Waals surface area contributed by atoms with Crippen molar-refractivity contribution in [2.75, 3.05) is 6.61 Å². The van der Waals surface area contributed by atoms with Gasteiger partial charge in [0.25, 0.3) is 0 Å². The van der Waals surface area contributed by atoms with Crippen LogP contribution in [0.25, 0.3) is 0 Å². The van der Waals surface area contributed by atoms with E-state index in [0.717, 1.165) is 57.2 Å². The molecule has 0 bridgehead atoms. The zero-order valence-electron chi connectivity index (χ0n) is 15.9. The van der Waals surface area contributed by atoms with Crippen LogP contribution < -0.4 is 0 Å². The number of nitrogens with one attached hydrogen (secondary N) is 1. The van der Waals surface area contributed by atoms with Crippen LogP contribution in [0.15, 0.2) is 12.2 Å². The number of hydrogen-bond donors (Lipinski definition) is 2. The Bertz CT molecular complexity index is 516. The summed E-state index contributed by atoms with van der Waals surface area (Å²) in [6, 6.07) is 0. The predicted octanol–water partition coefficient (Wildman–Crippen LogP) is 3.79. The summed E-state index contributed by atoms with van der Waals surface area (Å²) in [4.78, 5) is 12.1. The molecule has 2 N–H and O–H groups in total. The molecule has 26 heavy (non-hydrogen) atoms. The van der Waals surface area contributed by atoms with Gasteiger partial charge >= 0.3 is 0 Å². The van der Waals surface area contributed by atoms with Crippen LogP contribution in [0, 0.1) is 11.8 Å². The van der Waals surface area contributed by atoms with Crippen LogP contribution in [0.3, 0.4) is 0 Å². The van der Waals surface area contributed by atoms with Crippen molar-refractivity contribution >= 4 is 5.78 Å². The van der Waals surface area contributed by atoms with Crippen LogP contribution in [0.1, 0.15) is 82.9 Å². The van der Waals surface area contributed by atoms with Crippen LogP contribution >= 0.6 is 0 Å². The first-order valence-electron chi connectivity index (χ1n) is 10.4. The molecule has 1 aromatic heterocycles. The number of aromatic amines is 1. The molecule has 6 heteroatoms. The first kappa shape index (κ1) is 20.7. The highest BCUT2D eigenvalue weighted by Crippen LogP contribution is 2.31. The zero-order valence-corrected chi connectivity index (χ0v) is 15.9. The van der Waals surface area contributed by atoms with E-state index in [4.69, 9.17) is 5.11 Å². The minimum absolute atomic E-state index is 0.225. The Morgan fingerprint density at radius 1 is 0.923 bits per heavy atom. The van der Waals surface area contributed by atoms with Gasteiger partial charge in [0.2, 0.25) is 0 Å². The van der Waals surface area contributed by atoms with Gasteiger partial charge in [0, 0.05) is 18.9 Å². The molecule has 1 aliphatic rings. The Kier molecular flexibility index (Phi) is 10.2. The zero-order chi connectivity index (χ0) is 18.5. The normalized spacial score (nSPS) is 19.5. The van der Waals surface area contributed by atoms with E-state index in [1.807, 2.05) is 6.08 Å². The lowest BCUT2D eigenvalue weighted by Gasteiger charge is -2.18. The summed E-state index contributed by atoms with van der Waals surface area (Å²) in [6.45, 7) is 0.313. The second-order valence-electron chi connectivity index (χ2n) is 7.47. The molecule has 0 radical (unpaired) electrons. The Morgan fingerprint density at radius 2 is 1.62 bits per heavy atom. The number of hydrogen-bond acceptors (Lipinski definition) is 5. The van der Waals surface area contributed by atoms with Gasteiger partial charge in [-0.05, 0) is 48.1 Å². The number of aliphatic hydroxyl groups is 1. The van der Waals surface area contributed by atoms with Crippen molar-refractivity contribution in [2.45, 2.75) is 83.5 Å². The van der Waals surface area contributed by atoms with E-state index < -0.39 is 0 Å². The van der Waals surface area contributed by atoms with Crippen molar-refractivity contribution in [3.8, 4) is 0 Å². The molecule has 1 heterocycles. The Balaban J connectivity index is 1.51. The van der Waals surface area contributed by atoms with E-state index >= 15 is 0 Å². The average Bonchev–Trinajstić information content (AvgIpc) is 3.28. The molecule has 146 valence electrons. The van der Waals surface area contributed by atoms with E-state index in [0.29, 0.717) is 18.3 Å². The monoisotopic (exact) mass is 362 g/mol. The van der Waals surface area contributed by atoms with Crippen molar-refractivity contribution in [3.05, 3.63) is 18.0 Å². The second-order valence-corrected chi connectivity index (χ2v) is 7.47. The number of tetrazole rings is 1. The summed E-state index contributed by atoms with van der Waals surface area (Å²) in [7, 11) is 0. The Hall–Kier alpha value is -1.56. The molecule has 1 aromatic rings. The summed E-state index contributed by atoms with van der Waals surface area (Å²) < 4.78 is 0. The van der Waals surface area contributed by atoms with Gasteiger partial charge in [-0.3, -0.25) is 4.79 Å². The standard InChI is InChI=1S/C20H34N4O2/c25-16-10-6-2-1-3-7-11-17-14-15-19(26)18(17)12-8-4-5-9-13-20-21-23-24-22-20/h14-15,17-18,25H,1-13,16H2,(H,21,22,23,24)/t17-,18+/m1/s1. The number of aromatic nitrogens is 4. The molecular weight excluding hydrogens is 328 g/mol. The fraction of sp³-hybridized carbons (Fsp3) is 0.800. The number of ketones is 1. The Morgan fingerprint density at radius 3 is 2.35 bits per heavy atom. The third-order valence-corrected chi connectivity index (χ3v) is 5.40. The number of nitrogens with zero attached hydrogens (tertiary/aromatic N) is 3. The lowest BCUT2D eigenvalue weighted by Crippen LogP contribution is -2.16. The minimum atomic E-state index is 0.225. The van der Waals surface area contributed by atoms with Gasteiger partial charge in [0.05, 0.1) is 0 Å². The van der Waals surface area contributed by atoms with E-state index in [9.17, 15) is 4.79 Å². The Labute approximate surface area is 156 Å². The minimum Gasteiger partial charge on any atom is -0.396 e. The van der Waals surface area contributed by atoms with E-state index in [1.54, 1.807) is 0 Å². The number of carbonyl (C=O) groups is 1. The predicted molar refractivity (Wildman–Crippen MR) is 101 cm³/mol. The van der Waals surface area contributed by atoms with Crippen LogP contribution in [0.5, 0.6) is 0 Å². The molecule has 0 spiro atoms. The van der Waals surface area contributed by atoms with Gasteiger partial charge in [-0.25, -0.2) is 5.10 Å². The third kappa shape index (κ3) is 7.77. The molecule has 0 fully saturated rings. The number of unbranched alkanes of at least 4 members (excludes halogenated alkanes) is 8. The van der Waals surface area contributed by atoms with Crippen LogP contribution in [0.4, 0.5) is 0 Å². The quantitative estimate of drug-likeness (QED) is 0.463. The summed E-state index contributed by atoms with van der Waals surface area (Å²) in [5.74, 6) is 1.88. The first-order valence-corrected chi connectivity index (χ1v) is 10.4. The van der Waals surface area contributed by atoms with E-state index in [-0.39, 0.29) is 5.92 Å². The van der Waals surface area contributed by atoms with Gasteiger partial charge in [-0.15, -0.1) is 5.10 Å². The molecule has 0 aromatic carbocycles. The molecule has 0 aliphatic heterocycles. The van der Waals surface area contributed by atoms with Crippen molar-refractivity contribution < 1.29 is 9.90 Å². The molecule has 0 saturated heterocycles. The average molecular weight is 363 g/mol. The van der Waals surface area contributed by atoms with Crippen LogP contribution in [-0.2, 0) is 11.2 Å². The number of aliphatic hydroxyl groups excluding tert-OH is 1. The van der Waals surface area contributed by atoms with Crippen molar-refractivity contribution in [1.82, 2.24) is 20.6 Å². The lowest BCUT2D eigenvalue weighted by molar-refractivity contribution is -0.118. The number of aryl methyl sites for hydroxylation is 1. The maximum atomic E-state index is 12.1. The van der Waals surface area contributed by atoms with E-state index in [2.05, 4.69) is 26.7 Å². The molecule has 0 saturated carbocycles. The molecule has 1 aliphatic carbocycles. The van der Waals surface area contributed by atoms with E-state index in [1.165, 1.54) is 32.1 Å². The second kappa shape index (κ2) is 12.7. The smallest absolute Gasteiger partial charge is 0.159 e. The van der Waals surface area contributed by atoms with Crippen molar-refractivity contribution in [2.24, 2.45) is 11.8 Å². The molecule has 6 nitrogen and oxygen atoms in total. The maximum absolute atomic E-state index is 12.1. The molecule has 0 amide bonds. The fourth-order valence-electron chi connectivity index (χ4n) is 3.83. The number of allylic oxidation sites excluding steroid dienone is 2. The highest BCUT2D eigenvalue weighted by atomic mass is 16.2. The van der Waals surface area contributed by atoms with Crippen molar-refractivity contribution in [1.29, 1.82) is 0 Å². The van der Waals surface area contributed by atoms with Gasteiger partial charge in [-0.2, -0.15) is 0 Å². The highest BCUT2D eigenvalue weighted by molar-refractivity contribution is 5.94. The highest BCUT2D eigenvalue weighted by Gasteiger charge is 2.28. The summed E-state index contributed by atoms with van der Waals surface area (Å²) >= 11 is 0. The van der Waals surface area contributed by atoms with Gasteiger partial charge in [-0.1, -0.05) is 57.4 Å². The first-order chi connectivity index (χ1) is 12.8. The van der Waals surface area contributed by atoms with Crippen molar-refractivity contribution in [3.63, 3.8) is 0 Å². The lowest BCUT2D eigenvalue weighted by atomic mass is 9.86. The summed E-state index contributed by atoms with van der Waals surface area (Å²) in [5, 5.41) is 22.6. The van der Waals surface area contributed by atoms with Crippen LogP contribution in [-0.4, -0.2) is 38.1 Å².